The molecule has 0 radical (unpaired) electrons. The van der Waals surface area contributed by atoms with Crippen LogP contribution in [-0.2, 0) is 0 Å². The lowest BCUT2D eigenvalue weighted by atomic mass is 10.1. The number of carbonyl (C=O) groups excluding carboxylic acids is 1. The third-order valence-corrected chi connectivity index (χ3v) is 5.60. The molecular weight excluding hydrogens is 382 g/mol. The molecule has 4 aromatic rings. The van der Waals surface area contributed by atoms with Crippen LogP contribution < -0.4 is 4.74 Å². The molecule has 0 unspecified atom stereocenters. The maximum atomic E-state index is 12.8. The molecule has 1 aliphatic carbocycles. The lowest BCUT2D eigenvalue weighted by molar-refractivity contribution is 0.0179. The molecule has 1 saturated heterocycles. The molecule has 150 valence electrons. The van der Waals surface area contributed by atoms with Crippen molar-refractivity contribution in [2.45, 2.75) is 24.9 Å². The van der Waals surface area contributed by atoms with Gasteiger partial charge in [0.2, 0.25) is 0 Å². The monoisotopic (exact) mass is 401 g/mol. The van der Waals surface area contributed by atoms with E-state index in [0.29, 0.717) is 36.2 Å². The molecular formula is C22H19N5O3. The Morgan fingerprint density at radius 3 is 2.90 bits per heavy atom. The molecule has 2 aromatic heterocycles. The maximum Gasteiger partial charge on any atom is 0.261 e. The van der Waals surface area contributed by atoms with Gasteiger partial charge in [0.05, 0.1) is 36.0 Å². The molecule has 1 aliphatic heterocycles. The number of carbonyl (C=O) groups is 1. The summed E-state index contributed by atoms with van der Waals surface area (Å²) in [5.74, 6) is 2.37. The van der Waals surface area contributed by atoms with E-state index in [1.54, 1.807) is 11.2 Å². The number of amides is 1. The van der Waals surface area contributed by atoms with Gasteiger partial charge in [-0.2, -0.15) is 4.98 Å². The molecule has 0 bridgehead atoms. The van der Waals surface area contributed by atoms with Crippen LogP contribution in [0.5, 0.6) is 5.75 Å². The van der Waals surface area contributed by atoms with Crippen molar-refractivity contribution in [2.24, 2.45) is 0 Å². The smallest absolute Gasteiger partial charge is 0.261 e. The van der Waals surface area contributed by atoms with Crippen molar-refractivity contribution in [1.82, 2.24) is 25.0 Å². The van der Waals surface area contributed by atoms with E-state index in [1.807, 2.05) is 42.5 Å². The second-order valence-electron chi connectivity index (χ2n) is 7.81. The van der Waals surface area contributed by atoms with Gasteiger partial charge in [-0.05, 0) is 43.2 Å². The fourth-order valence-corrected chi connectivity index (χ4v) is 3.71. The first-order valence-corrected chi connectivity index (χ1v) is 10.1. The van der Waals surface area contributed by atoms with E-state index in [4.69, 9.17) is 9.26 Å². The number of rotatable bonds is 5. The number of aromatic nitrogens is 4. The number of para-hydroxylation sites is 1. The van der Waals surface area contributed by atoms with Gasteiger partial charge in [-0.25, -0.2) is 4.98 Å². The van der Waals surface area contributed by atoms with Crippen molar-refractivity contribution < 1.29 is 14.1 Å². The zero-order chi connectivity index (χ0) is 20.1. The quantitative estimate of drug-likeness (QED) is 0.551. The number of imidazole rings is 1. The summed E-state index contributed by atoms with van der Waals surface area (Å²) in [6.45, 7) is 1.07. The molecule has 2 aromatic carbocycles. The van der Waals surface area contributed by atoms with Crippen LogP contribution in [0.15, 0.2) is 53.3 Å². The number of nitrogens with one attached hydrogen (secondary N) is 1. The normalized spacial score (nSPS) is 16.6. The Morgan fingerprint density at radius 1 is 1.17 bits per heavy atom. The van der Waals surface area contributed by atoms with Gasteiger partial charge in [-0.3, -0.25) is 4.79 Å². The summed E-state index contributed by atoms with van der Waals surface area (Å²) in [5.41, 5.74) is 3.13. The van der Waals surface area contributed by atoms with E-state index in [-0.39, 0.29) is 12.0 Å². The molecule has 2 aliphatic rings. The third-order valence-electron chi connectivity index (χ3n) is 5.60. The van der Waals surface area contributed by atoms with Crippen LogP contribution in [0.1, 0.15) is 34.9 Å². The van der Waals surface area contributed by atoms with Gasteiger partial charge < -0.3 is 19.1 Å². The van der Waals surface area contributed by atoms with E-state index in [0.717, 1.165) is 35.3 Å². The maximum absolute atomic E-state index is 12.8. The predicted molar refractivity (Wildman–Crippen MR) is 108 cm³/mol. The van der Waals surface area contributed by atoms with Gasteiger partial charge in [0.15, 0.2) is 5.82 Å². The number of benzene rings is 2. The average Bonchev–Trinajstić information content (AvgIpc) is 3.29. The Hall–Kier alpha value is -3.68. The summed E-state index contributed by atoms with van der Waals surface area (Å²) >= 11 is 0. The third kappa shape index (κ3) is 3.01. The standard InChI is InChI=1S/C22H19N5O3/c28-22(14-7-8-17-18(9-14)24-12-23-17)27-10-15(11-27)29-19-4-2-1-3-16(19)21-25-20(26-30-21)13-5-6-13/h1-4,7-9,12-13,15H,5-6,10-11H2,(H,23,24). The zero-order valence-electron chi connectivity index (χ0n) is 16.1. The summed E-state index contributed by atoms with van der Waals surface area (Å²) in [4.78, 5) is 26.3. The Labute approximate surface area is 171 Å². The van der Waals surface area contributed by atoms with Crippen LogP contribution in [0.4, 0.5) is 0 Å². The molecule has 1 saturated carbocycles. The highest BCUT2D eigenvalue weighted by Gasteiger charge is 2.34. The summed E-state index contributed by atoms with van der Waals surface area (Å²) in [6, 6.07) is 13.1. The van der Waals surface area contributed by atoms with Gasteiger partial charge in [-0.1, -0.05) is 17.3 Å². The first-order valence-electron chi connectivity index (χ1n) is 10.1. The van der Waals surface area contributed by atoms with E-state index in [1.165, 1.54) is 0 Å². The highest BCUT2D eigenvalue weighted by Crippen LogP contribution is 2.40. The Balaban J connectivity index is 1.14. The second-order valence-corrected chi connectivity index (χ2v) is 7.81. The molecule has 0 spiro atoms. The van der Waals surface area contributed by atoms with Crippen LogP contribution in [0, 0.1) is 0 Å². The average molecular weight is 401 g/mol. The number of likely N-dealkylation sites (tertiary alicyclic amines) is 1. The van der Waals surface area contributed by atoms with Crippen molar-refractivity contribution in [3.8, 4) is 17.2 Å². The van der Waals surface area contributed by atoms with Gasteiger partial charge in [0.25, 0.3) is 11.8 Å². The first kappa shape index (κ1) is 17.2. The summed E-state index contributed by atoms with van der Waals surface area (Å²) in [5, 5.41) is 4.09. The number of ether oxygens (including phenoxy) is 1. The minimum Gasteiger partial charge on any atom is -0.486 e. The fourth-order valence-electron chi connectivity index (χ4n) is 3.71. The fraction of sp³-hybridized carbons (Fsp3) is 0.273. The van der Waals surface area contributed by atoms with Crippen LogP contribution in [0.3, 0.4) is 0 Å². The molecule has 8 heteroatoms. The minimum atomic E-state index is -0.0724. The second kappa shape index (κ2) is 6.69. The molecule has 6 rings (SSSR count). The lowest BCUT2D eigenvalue weighted by Crippen LogP contribution is -2.56. The Morgan fingerprint density at radius 2 is 2.03 bits per heavy atom. The number of nitrogens with zero attached hydrogens (tertiary/aromatic N) is 4. The number of hydrogen-bond donors (Lipinski definition) is 1. The molecule has 3 heterocycles. The van der Waals surface area contributed by atoms with Crippen LogP contribution in [0.25, 0.3) is 22.5 Å². The summed E-state index contributed by atoms with van der Waals surface area (Å²) in [6.07, 6.45) is 3.80. The van der Waals surface area contributed by atoms with Gasteiger partial charge >= 0.3 is 0 Å². The van der Waals surface area contributed by atoms with Crippen LogP contribution in [-0.4, -0.2) is 50.1 Å². The van der Waals surface area contributed by atoms with E-state index in [9.17, 15) is 4.79 Å². The zero-order valence-corrected chi connectivity index (χ0v) is 16.1. The number of hydrogen-bond acceptors (Lipinski definition) is 6. The van der Waals surface area contributed by atoms with Gasteiger partial charge in [0.1, 0.15) is 11.9 Å². The van der Waals surface area contributed by atoms with Crippen LogP contribution in [0.2, 0.25) is 0 Å². The molecule has 2 fully saturated rings. The van der Waals surface area contributed by atoms with Gasteiger partial charge in [0, 0.05) is 11.5 Å². The van der Waals surface area contributed by atoms with E-state index in [2.05, 4.69) is 20.1 Å². The SMILES string of the molecule is O=C(c1ccc2nc[nH]c2c1)N1CC(Oc2ccccc2-c2nc(C3CC3)no2)C1. The topological polar surface area (TPSA) is 97.1 Å². The molecule has 1 amide bonds. The van der Waals surface area contributed by atoms with Gasteiger partial charge in [-0.15, -0.1) is 0 Å². The van der Waals surface area contributed by atoms with Crippen molar-refractivity contribution in [3.05, 3.63) is 60.2 Å². The Bertz CT molecular complexity index is 1240. The van der Waals surface area contributed by atoms with Crippen molar-refractivity contribution in [1.29, 1.82) is 0 Å². The predicted octanol–water partition coefficient (Wildman–Crippen LogP) is 3.39. The van der Waals surface area contributed by atoms with Crippen molar-refractivity contribution in [2.75, 3.05) is 13.1 Å². The summed E-state index contributed by atoms with van der Waals surface area (Å²) < 4.78 is 11.6. The lowest BCUT2D eigenvalue weighted by Gasteiger charge is -2.39. The summed E-state index contributed by atoms with van der Waals surface area (Å²) in [7, 11) is 0. The van der Waals surface area contributed by atoms with Crippen molar-refractivity contribution in [3.63, 3.8) is 0 Å². The number of H-pyrrole nitrogens is 1. The minimum absolute atomic E-state index is 0.00869. The molecule has 1 N–H and O–H groups in total. The van der Waals surface area contributed by atoms with Crippen molar-refractivity contribution >= 4 is 16.9 Å². The highest BCUT2D eigenvalue weighted by atomic mass is 16.5. The highest BCUT2D eigenvalue weighted by molar-refractivity contribution is 5.97. The number of fused-ring (bicyclic) bond motifs is 1. The first-order chi connectivity index (χ1) is 14.7. The van der Waals surface area contributed by atoms with E-state index >= 15 is 0 Å². The molecule has 30 heavy (non-hydrogen) atoms. The number of aromatic amines is 1. The molecule has 8 nitrogen and oxygen atoms in total. The molecule has 0 atom stereocenters. The Kier molecular flexibility index (Phi) is 3.83. The van der Waals surface area contributed by atoms with E-state index < -0.39 is 0 Å². The largest absolute Gasteiger partial charge is 0.486 e. The van der Waals surface area contributed by atoms with Crippen LogP contribution >= 0.6 is 0 Å².